The van der Waals surface area contributed by atoms with Crippen molar-refractivity contribution in [3.05, 3.63) is 71.0 Å². The Morgan fingerprint density at radius 3 is 2.69 bits per heavy atom. The Balaban J connectivity index is 1.57. The number of furan rings is 1. The lowest BCUT2D eigenvalue weighted by Crippen LogP contribution is -2.31. The smallest absolute Gasteiger partial charge is 0.339 e. The van der Waals surface area contributed by atoms with Crippen LogP contribution in [0.4, 0.5) is 0 Å². The van der Waals surface area contributed by atoms with Crippen molar-refractivity contribution in [2.45, 2.75) is 37.5 Å². The van der Waals surface area contributed by atoms with E-state index in [9.17, 15) is 9.59 Å². The first kappa shape index (κ1) is 20.7. The minimum atomic E-state index is -0.548. The molecule has 1 N–H and O–H groups in total. The molecule has 3 aromatic rings. The largest absolute Gasteiger partial charge is 0.467 e. The fourth-order valence-corrected chi connectivity index (χ4v) is 3.91. The number of aromatic nitrogens is 1. The Kier molecular flexibility index (Phi) is 6.77. The molecule has 0 saturated carbocycles. The number of esters is 1. The molecule has 2 aromatic heterocycles. The Morgan fingerprint density at radius 1 is 1.21 bits per heavy atom. The molecule has 1 amide bonds. The number of amides is 1. The van der Waals surface area contributed by atoms with Crippen molar-refractivity contribution < 1.29 is 23.3 Å². The highest BCUT2D eigenvalue weighted by Crippen LogP contribution is 2.29. The van der Waals surface area contributed by atoms with Gasteiger partial charge in [-0.25, -0.2) is 4.79 Å². The third-order valence-corrected chi connectivity index (χ3v) is 5.44. The number of benzene rings is 1. The van der Waals surface area contributed by atoms with Crippen molar-refractivity contribution in [3.63, 3.8) is 0 Å². The molecule has 7 nitrogen and oxygen atoms in total. The number of nitrogens with one attached hydrogen (secondary N) is 1. The average Bonchev–Trinajstić information content (AvgIpc) is 3.35. The van der Waals surface area contributed by atoms with Crippen molar-refractivity contribution in [2.24, 2.45) is 0 Å². The molecule has 1 atom stereocenters. The molecule has 2 heterocycles. The van der Waals surface area contributed by atoms with Gasteiger partial charge in [0.25, 0.3) is 5.91 Å². The molecule has 29 heavy (non-hydrogen) atoms. The monoisotopic (exact) mass is 414 g/mol. The van der Waals surface area contributed by atoms with Crippen LogP contribution in [0, 0.1) is 13.8 Å². The van der Waals surface area contributed by atoms with Crippen LogP contribution in [0.5, 0.6) is 0 Å². The van der Waals surface area contributed by atoms with Crippen LogP contribution in [0.1, 0.15) is 46.1 Å². The maximum atomic E-state index is 12.5. The first-order valence-corrected chi connectivity index (χ1v) is 10.1. The zero-order chi connectivity index (χ0) is 20.8. The summed E-state index contributed by atoms with van der Waals surface area (Å²) in [5.41, 5.74) is 2.25. The molecule has 0 fully saturated rings. The highest BCUT2D eigenvalue weighted by Gasteiger charge is 2.18. The van der Waals surface area contributed by atoms with Gasteiger partial charge in [-0.1, -0.05) is 17.3 Å². The summed E-state index contributed by atoms with van der Waals surface area (Å²) < 4.78 is 15.6. The lowest BCUT2D eigenvalue weighted by Gasteiger charge is -2.12. The van der Waals surface area contributed by atoms with Gasteiger partial charge in [-0.2, -0.15) is 0 Å². The lowest BCUT2D eigenvalue weighted by molar-refractivity contribution is -0.125. The molecule has 3 rings (SSSR count). The predicted molar refractivity (Wildman–Crippen MR) is 108 cm³/mol. The van der Waals surface area contributed by atoms with Gasteiger partial charge in [-0.05, 0) is 45.0 Å². The number of nitrogens with zero attached hydrogens (tertiary/aromatic N) is 1. The molecular formula is C21H22N2O5S. The highest BCUT2D eigenvalue weighted by atomic mass is 32.2. The average molecular weight is 414 g/mol. The van der Waals surface area contributed by atoms with Crippen molar-refractivity contribution in [2.75, 3.05) is 6.61 Å². The third-order valence-electron chi connectivity index (χ3n) is 4.34. The fraction of sp³-hybridized carbons (Fsp3) is 0.286. The van der Waals surface area contributed by atoms with Gasteiger partial charge in [0, 0.05) is 16.2 Å². The van der Waals surface area contributed by atoms with Crippen molar-refractivity contribution in [1.82, 2.24) is 10.5 Å². The van der Waals surface area contributed by atoms with E-state index >= 15 is 0 Å². The van der Waals surface area contributed by atoms with E-state index in [0.29, 0.717) is 17.1 Å². The van der Waals surface area contributed by atoms with Gasteiger partial charge in [0.05, 0.1) is 23.6 Å². The minimum absolute atomic E-state index is 0.311. The molecule has 0 bridgehead atoms. The fourth-order valence-electron chi connectivity index (χ4n) is 2.72. The van der Waals surface area contributed by atoms with Crippen LogP contribution in [0.3, 0.4) is 0 Å². The molecule has 152 valence electrons. The zero-order valence-corrected chi connectivity index (χ0v) is 17.2. The third kappa shape index (κ3) is 5.29. The normalized spacial score (nSPS) is 11.8. The lowest BCUT2D eigenvalue weighted by atomic mass is 10.2. The second-order valence-corrected chi connectivity index (χ2v) is 7.49. The van der Waals surface area contributed by atoms with E-state index in [-0.39, 0.29) is 12.6 Å². The molecule has 1 aromatic carbocycles. The highest BCUT2D eigenvalue weighted by molar-refractivity contribution is 7.98. The number of carbonyl (C=O) groups excluding carboxylic acids is 2. The van der Waals surface area contributed by atoms with Crippen LogP contribution in [-0.4, -0.2) is 23.6 Å². The van der Waals surface area contributed by atoms with E-state index in [1.807, 2.05) is 26.0 Å². The van der Waals surface area contributed by atoms with Gasteiger partial charge >= 0.3 is 5.97 Å². The van der Waals surface area contributed by atoms with E-state index in [1.54, 1.807) is 31.2 Å². The molecule has 0 saturated heterocycles. The standard InChI is InChI=1S/C21H22N2O5S/c1-13-17(15(3)28-23-13)12-29-19-9-5-4-7-16(19)21(25)27-11-20(24)22-14(2)18-8-6-10-26-18/h4-10,14H,11-12H2,1-3H3,(H,22,24)/t14-/m0/s1. The van der Waals surface area contributed by atoms with Crippen LogP contribution in [0.15, 0.2) is 56.5 Å². The second kappa shape index (κ2) is 9.47. The molecule has 0 aliphatic carbocycles. The topological polar surface area (TPSA) is 94.6 Å². The van der Waals surface area contributed by atoms with Crippen LogP contribution < -0.4 is 5.32 Å². The number of hydrogen-bond acceptors (Lipinski definition) is 7. The first-order valence-electron chi connectivity index (χ1n) is 9.09. The SMILES string of the molecule is Cc1noc(C)c1CSc1ccccc1C(=O)OCC(=O)N[C@@H](C)c1ccco1. The Bertz CT molecular complexity index is 961. The Hall–Kier alpha value is -3.00. The van der Waals surface area contributed by atoms with Gasteiger partial charge in [0.2, 0.25) is 0 Å². The molecule has 0 spiro atoms. The van der Waals surface area contributed by atoms with Gasteiger partial charge < -0.3 is 19.0 Å². The summed E-state index contributed by atoms with van der Waals surface area (Å²) >= 11 is 1.49. The van der Waals surface area contributed by atoms with Gasteiger partial charge in [-0.15, -0.1) is 11.8 Å². The number of hydrogen-bond donors (Lipinski definition) is 1. The summed E-state index contributed by atoms with van der Waals surface area (Å²) in [7, 11) is 0. The van der Waals surface area contributed by atoms with Gasteiger partial charge in [0.1, 0.15) is 11.5 Å². The Morgan fingerprint density at radius 2 is 2.00 bits per heavy atom. The molecule has 0 aliphatic heterocycles. The molecule has 0 unspecified atom stereocenters. The summed E-state index contributed by atoms with van der Waals surface area (Å²) in [5, 5.41) is 6.67. The van der Waals surface area contributed by atoms with E-state index < -0.39 is 11.9 Å². The number of carbonyl (C=O) groups is 2. The maximum Gasteiger partial charge on any atom is 0.339 e. The first-order chi connectivity index (χ1) is 14.0. The van der Waals surface area contributed by atoms with Gasteiger partial charge in [0.15, 0.2) is 6.61 Å². The summed E-state index contributed by atoms with van der Waals surface area (Å²) in [6.07, 6.45) is 1.54. The summed E-state index contributed by atoms with van der Waals surface area (Å²) in [5.74, 6) is 1.06. The summed E-state index contributed by atoms with van der Waals surface area (Å²) in [6.45, 7) is 5.17. The molecule has 8 heteroatoms. The molecule has 0 radical (unpaired) electrons. The quantitative estimate of drug-likeness (QED) is 0.436. The van der Waals surface area contributed by atoms with Crippen LogP contribution in [0.2, 0.25) is 0 Å². The van der Waals surface area contributed by atoms with E-state index in [0.717, 1.165) is 21.9 Å². The van der Waals surface area contributed by atoms with Crippen LogP contribution in [-0.2, 0) is 15.3 Å². The number of aryl methyl sites for hydroxylation is 2. The van der Waals surface area contributed by atoms with Crippen molar-refractivity contribution in [3.8, 4) is 0 Å². The molecular weight excluding hydrogens is 392 g/mol. The van der Waals surface area contributed by atoms with Gasteiger partial charge in [-0.3, -0.25) is 4.79 Å². The number of thioether (sulfide) groups is 1. The maximum absolute atomic E-state index is 12.5. The number of ether oxygens (including phenoxy) is 1. The van der Waals surface area contributed by atoms with Crippen molar-refractivity contribution in [1.29, 1.82) is 0 Å². The van der Waals surface area contributed by atoms with E-state index in [1.165, 1.54) is 18.0 Å². The van der Waals surface area contributed by atoms with Crippen molar-refractivity contribution >= 4 is 23.6 Å². The van der Waals surface area contributed by atoms with E-state index in [4.69, 9.17) is 13.7 Å². The predicted octanol–water partition coefficient (Wildman–Crippen LogP) is 4.21. The number of rotatable bonds is 8. The molecule has 0 aliphatic rings. The zero-order valence-electron chi connectivity index (χ0n) is 16.4. The second-order valence-electron chi connectivity index (χ2n) is 6.47. The summed E-state index contributed by atoms with van der Waals surface area (Å²) in [4.78, 5) is 25.4. The van der Waals surface area contributed by atoms with Crippen LogP contribution >= 0.6 is 11.8 Å². The van der Waals surface area contributed by atoms with Crippen LogP contribution in [0.25, 0.3) is 0 Å². The van der Waals surface area contributed by atoms with E-state index in [2.05, 4.69) is 10.5 Å². The summed E-state index contributed by atoms with van der Waals surface area (Å²) in [6, 6.07) is 10.3. The minimum Gasteiger partial charge on any atom is -0.467 e. The Labute approximate surface area is 172 Å².